The van der Waals surface area contributed by atoms with Crippen molar-refractivity contribution in [2.45, 2.75) is 298 Å². The molecule has 10 rings (SSSR count). The van der Waals surface area contributed by atoms with Crippen LogP contribution in [-0.4, -0.2) is 640 Å². The number of aliphatic hydroxyl groups is 45. The number of ether oxygens (including phenoxy) is 15. The summed E-state index contributed by atoms with van der Waals surface area (Å²) in [6, 6.07) is 0. The first-order valence-electron chi connectivity index (χ1n) is 38.7. The Kier molecular flexibility index (Phi) is 60.0. The number of hydrogen-bond donors (Lipinski definition) is 45. The van der Waals surface area contributed by atoms with Gasteiger partial charge in [-0.2, -0.15) is 0 Å². The van der Waals surface area contributed by atoms with Crippen molar-refractivity contribution in [3.05, 3.63) is 0 Å². The van der Waals surface area contributed by atoms with Crippen LogP contribution in [0.4, 0.5) is 0 Å². The molecule has 49 atom stereocenters. The zero-order chi connectivity index (χ0) is 97.4. The molecular formula is C66H121Fe2NaO65. The van der Waals surface area contributed by atoms with E-state index in [0.717, 1.165) is 0 Å². The Morgan fingerprint density at radius 2 is 0.396 bits per heavy atom. The summed E-state index contributed by atoms with van der Waals surface area (Å²) < 4.78 is 77.2. The summed E-state index contributed by atoms with van der Waals surface area (Å²) in [5.74, 6) is -13.1. The van der Waals surface area contributed by atoms with Gasteiger partial charge >= 0.3 is 63.7 Å². The van der Waals surface area contributed by atoms with Crippen LogP contribution in [0.2, 0.25) is 0 Å². The predicted molar refractivity (Wildman–Crippen MR) is 381 cm³/mol. The van der Waals surface area contributed by atoms with E-state index in [1.54, 1.807) is 0 Å². The third-order valence-corrected chi connectivity index (χ3v) is 21.8. The quantitative estimate of drug-likeness (QED) is 0.0297. The molecule has 0 saturated carbocycles. The Hall–Kier alpha value is -1.01. The molecule has 10 fully saturated rings. The van der Waals surface area contributed by atoms with Gasteiger partial charge in [-0.15, -0.1) is 0 Å². The van der Waals surface area contributed by atoms with Crippen molar-refractivity contribution in [1.82, 2.24) is 0 Å². The summed E-state index contributed by atoms with van der Waals surface area (Å²) in [5, 5.41) is 437. The van der Waals surface area contributed by atoms with Gasteiger partial charge in [0.2, 0.25) is 28.9 Å². The molecule has 2 radical (unpaired) electrons. The number of aliphatic hydroxyl groups excluding tert-OH is 45. The maximum atomic E-state index is 10.00. The number of carbonyl (C=O) groups excluding carboxylic acids is 1. The third kappa shape index (κ3) is 29.9. The number of carbonyl (C=O) groups is 1. The van der Waals surface area contributed by atoms with Gasteiger partial charge in [-0.3, -0.25) is 0 Å². The Labute approximate surface area is 797 Å². The number of hydrogen-bond acceptors (Lipinski definition) is 62. The van der Waals surface area contributed by atoms with Gasteiger partial charge < -0.3 is 327 Å². The fourth-order valence-corrected chi connectivity index (χ4v) is 13.8. The smallest absolute Gasteiger partial charge is 2.00 e. The van der Waals surface area contributed by atoms with Crippen molar-refractivity contribution in [3.63, 3.8) is 0 Å². The van der Waals surface area contributed by atoms with Gasteiger partial charge in [0.1, 0.15) is 271 Å². The van der Waals surface area contributed by atoms with Crippen molar-refractivity contribution in [2.75, 3.05) is 106 Å². The molecule has 68 heteroatoms. The number of aliphatic carboxylic acids is 1. The molecule has 0 amide bonds. The minimum atomic E-state index is -2.31. The zero-order valence-corrected chi connectivity index (χ0v) is 73.9. The molecule has 0 bridgehead atoms. The minimum absolute atomic E-state index is 0. The van der Waals surface area contributed by atoms with Crippen LogP contribution >= 0.6 is 0 Å². The Bertz CT molecular complexity index is 2760. The Morgan fingerprint density at radius 3 is 0.507 bits per heavy atom. The van der Waals surface area contributed by atoms with E-state index >= 15 is 0 Å². The molecule has 10 aliphatic heterocycles. The van der Waals surface area contributed by atoms with Crippen LogP contribution in [0.25, 0.3) is 0 Å². The predicted octanol–water partition coefficient (Wildman–Crippen LogP) is -35.2. The molecule has 10 saturated heterocycles. The van der Waals surface area contributed by atoms with Gasteiger partial charge in [0.15, 0.2) is 31.5 Å². The van der Waals surface area contributed by atoms with Crippen LogP contribution in [0.15, 0.2) is 0 Å². The van der Waals surface area contributed by atoms with E-state index in [4.69, 9.17) is 148 Å². The van der Waals surface area contributed by atoms with Gasteiger partial charge in [0, 0.05) is 0 Å². The second-order valence-corrected chi connectivity index (χ2v) is 30.3. The van der Waals surface area contributed by atoms with E-state index in [1.807, 2.05) is 0 Å². The summed E-state index contributed by atoms with van der Waals surface area (Å²) in [6.45, 7) is -12.5. The van der Waals surface area contributed by atoms with Gasteiger partial charge in [0.05, 0.1) is 78.6 Å². The number of rotatable bonds is 30. The molecule has 65 nitrogen and oxygen atoms in total. The average Bonchev–Trinajstić information content (AvgIpc) is 1.63. The molecular weight excluding hydrogens is 1970 g/mol. The summed E-state index contributed by atoms with van der Waals surface area (Å²) in [7, 11) is 0. The summed E-state index contributed by atoms with van der Waals surface area (Å²) in [6.07, 6.45) is -71.3. The van der Waals surface area contributed by atoms with Crippen LogP contribution in [0.3, 0.4) is 0 Å². The van der Waals surface area contributed by atoms with E-state index in [-0.39, 0.29) is 80.1 Å². The zero-order valence-electron chi connectivity index (χ0n) is 69.7. The molecule has 10 aliphatic rings. The molecule has 0 aromatic carbocycles. The fourth-order valence-electron chi connectivity index (χ4n) is 13.8. The standard InChI is InChI=1S/5C12H22O11.C6H12O7.2Fe.Na.3O/c5*13-1-4-6(16)8(18)9(19)11(21-4)23-12(3-15)10(20)7(17)5(2-14)22-12;7-1-2(8)3(9)4(10)5(11)6(12)13;;;;;;/h5*4-11,13-20H,1-3H2;2-5,7-11H,1H2,(H,12,13);;;;;;/q;;;;;;2*+3;+1;3*-2/p-1/t5*4-,5-,6-,7-,8+,9-,10+,11-,12+;2-,3-,4+,5-;;;;;;/m111111....../s1. The first-order valence-corrected chi connectivity index (χ1v) is 38.7. The molecule has 0 aromatic heterocycles. The van der Waals surface area contributed by atoms with Crippen LogP contribution in [-0.2, 0) is 126 Å². The average molecular weight is 2090 g/mol. The maximum absolute atomic E-state index is 10.00. The first kappa shape index (κ1) is 135. The Balaban J connectivity index is 0. The van der Waals surface area contributed by atoms with E-state index in [2.05, 4.69) is 0 Å². The largest absolute Gasteiger partial charge is 3.00 e. The van der Waals surface area contributed by atoms with Crippen molar-refractivity contribution in [2.24, 2.45) is 0 Å². The second-order valence-electron chi connectivity index (χ2n) is 30.3. The molecule has 0 spiro atoms. The van der Waals surface area contributed by atoms with E-state index in [9.17, 15) is 163 Å². The summed E-state index contributed by atoms with van der Waals surface area (Å²) >= 11 is 0. The molecule has 134 heavy (non-hydrogen) atoms. The third-order valence-electron chi connectivity index (χ3n) is 21.8. The van der Waals surface area contributed by atoms with Gasteiger partial charge in [-0.05, 0) is 0 Å². The summed E-state index contributed by atoms with van der Waals surface area (Å²) in [5.41, 5.74) is 0. The van der Waals surface area contributed by atoms with Crippen LogP contribution < -0.4 is 34.7 Å². The number of carboxylic acids is 1. The maximum Gasteiger partial charge on any atom is 3.00 e. The molecule has 0 aliphatic carbocycles. The van der Waals surface area contributed by atoms with E-state index in [1.165, 1.54) is 0 Å². The van der Waals surface area contributed by atoms with E-state index in [0.29, 0.717) is 0 Å². The summed E-state index contributed by atoms with van der Waals surface area (Å²) in [4.78, 5) is 9.98. The number of carboxylic acid groups (broad SMARTS) is 1. The normalized spacial score (nSPS) is 45.9. The topological polar surface area (TPSA) is 1170 Å². The van der Waals surface area contributed by atoms with E-state index < -0.39 is 410 Å². The molecule has 45 N–H and O–H groups in total. The minimum Gasteiger partial charge on any atom is -2.00 e. The van der Waals surface area contributed by atoms with Crippen molar-refractivity contribution >= 4 is 5.97 Å². The van der Waals surface area contributed by atoms with Crippen molar-refractivity contribution in [3.8, 4) is 0 Å². The van der Waals surface area contributed by atoms with Crippen molar-refractivity contribution < 1.29 is 391 Å². The van der Waals surface area contributed by atoms with Gasteiger partial charge in [-0.1, -0.05) is 0 Å². The van der Waals surface area contributed by atoms with Crippen LogP contribution in [0.5, 0.6) is 0 Å². The Morgan fingerprint density at radius 1 is 0.246 bits per heavy atom. The monoisotopic (exact) mass is 2090 g/mol. The SMILES string of the molecule is O=C([O-])[C@H](O)[C@@H](O)[C@H](O)[C@H](O)CO.OC[C@H]1O[C@@](CO)(O[C@H]2O[C@H](CO)[C@@H](O)[C@H](O)[C@H]2O)[C@@H](O)[C@@H]1O.OC[C@H]1O[C@@](CO)(O[C@H]2O[C@H](CO)[C@@H](O)[C@H](O)[C@H]2O)[C@@H](O)[C@@H]1O.OC[C@H]1O[C@@](CO)(O[C@H]2O[C@H](CO)[C@@H](O)[C@H](O)[C@H]2O)[C@@H](O)[C@@H]1O.OC[C@H]1O[C@@](CO)(O[C@H]2O[C@H](CO)[C@@H](O)[C@H](O)[C@H]2O)[C@@H](O)[C@@H]1O.OC[C@H]1O[C@@](CO)(O[C@H]2O[C@H](CO)[C@@H](O)[C@H](O)[C@H]2O)[C@@H](O)[C@@H]1O.[Fe+3].[Fe+3].[Na+].[O-2].[O-2].[O-2]. The fraction of sp³-hybridized carbons (Fsp3) is 0.985. The molecule has 792 valence electrons. The molecule has 0 aromatic rings. The van der Waals surface area contributed by atoms with Crippen molar-refractivity contribution in [1.29, 1.82) is 0 Å². The molecule has 0 unspecified atom stereocenters. The first-order chi connectivity index (χ1) is 59.9. The van der Waals surface area contributed by atoms with Gasteiger partial charge in [-0.25, -0.2) is 0 Å². The molecule has 10 heterocycles. The van der Waals surface area contributed by atoms with Crippen LogP contribution in [0.1, 0.15) is 0 Å². The van der Waals surface area contributed by atoms with Gasteiger partial charge in [0.25, 0.3) is 0 Å². The van der Waals surface area contributed by atoms with Crippen LogP contribution in [0, 0.1) is 0 Å². The second kappa shape index (κ2) is 59.6.